The van der Waals surface area contributed by atoms with Gasteiger partial charge in [-0.2, -0.15) is 0 Å². The topological polar surface area (TPSA) is 34.2 Å². The van der Waals surface area contributed by atoms with Gasteiger partial charge in [-0.3, -0.25) is 0 Å². The molecule has 0 saturated heterocycles. The van der Waals surface area contributed by atoms with Crippen LogP contribution in [0.15, 0.2) is 30.3 Å². The van der Waals surface area contributed by atoms with E-state index in [4.69, 9.17) is 4.74 Å². The van der Waals surface area contributed by atoms with E-state index in [0.717, 1.165) is 22.3 Å². The Balaban J connectivity index is 2.25. The molecular formula is C16H22N2O. The normalized spacial score (nSPS) is 12.9. The van der Waals surface area contributed by atoms with Crippen LogP contribution in [0.1, 0.15) is 26.3 Å². The highest BCUT2D eigenvalue weighted by atomic mass is 16.5. The van der Waals surface area contributed by atoms with Crippen molar-refractivity contribution in [1.82, 2.24) is 4.98 Å². The van der Waals surface area contributed by atoms with Gasteiger partial charge in [0.05, 0.1) is 18.2 Å². The molecular weight excluding hydrogens is 236 g/mol. The predicted octanol–water partition coefficient (Wildman–Crippen LogP) is 3.84. The van der Waals surface area contributed by atoms with Gasteiger partial charge in [-0.15, -0.1) is 0 Å². The van der Waals surface area contributed by atoms with Crippen LogP contribution in [0, 0.1) is 5.92 Å². The molecule has 0 aliphatic heterocycles. The Morgan fingerprint density at radius 3 is 2.63 bits per heavy atom. The van der Waals surface area contributed by atoms with Crippen molar-refractivity contribution >= 4 is 16.7 Å². The molecule has 3 nitrogen and oxygen atoms in total. The van der Waals surface area contributed by atoms with Crippen LogP contribution in [0.5, 0.6) is 0 Å². The van der Waals surface area contributed by atoms with Gasteiger partial charge in [0.15, 0.2) is 0 Å². The summed E-state index contributed by atoms with van der Waals surface area (Å²) in [7, 11) is 1.90. The number of hydrogen-bond acceptors (Lipinski definition) is 3. The highest BCUT2D eigenvalue weighted by molar-refractivity contribution is 5.81. The highest BCUT2D eigenvalue weighted by Crippen LogP contribution is 2.21. The summed E-state index contributed by atoms with van der Waals surface area (Å²) < 4.78 is 5.90. The molecule has 0 saturated carbocycles. The molecule has 0 radical (unpaired) electrons. The van der Waals surface area contributed by atoms with Gasteiger partial charge < -0.3 is 10.1 Å². The zero-order valence-corrected chi connectivity index (χ0v) is 12.1. The van der Waals surface area contributed by atoms with Gasteiger partial charge in [0.2, 0.25) is 0 Å². The average molecular weight is 258 g/mol. The van der Waals surface area contributed by atoms with Gasteiger partial charge in [-0.25, -0.2) is 4.98 Å². The van der Waals surface area contributed by atoms with Gasteiger partial charge in [-0.05, 0) is 25.0 Å². The van der Waals surface area contributed by atoms with E-state index in [0.29, 0.717) is 12.5 Å². The molecule has 1 aromatic carbocycles. The maximum absolute atomic E-state index is 5.90. The van der Waals surface area contributed by atoms with Gasteiger partial charge in [0.25, 0.3) is 0 Å². The van der Waals surface area contributed by atoms with E-state index in [2.05, 4.69) is 43.2 Å². The van der Waals surface area contributed by atoms with Gasteiger partial charge in [0.1, 0.15) is 5.82 Å². The van der Waals surface area contributed by atoms with Crippen LogP contribution in [-0.2, 0) is 11.3 Å². The third kappa shape index (κ3) is 3.24. The Morgan fingerprint density at radius 1 is 1.21 bits per heavy atom. The first-order valence-corrected chi connectivity index (χ1v) is 6.80. The fourth-order valence-corrected chi connectivity index (χ4v) is 1.90. The van der Waals surface area contributed by atoms with Crippen LogP contribution in [-0.4, -0.2) is 18.1 Å². The summed E-state index contributed by atoms with van der Waals surface area (Å²) in [5.74, 6) is 1.42. The summed E-state index contributed by atoms with van der Waals surface area (Å²) in [6.07, 6.45) is 0.246. The zero-order chi connectivity index (χ0) is 13.8. The molecule has 1 unspecified atom stereocenters. The fourth-order valence-electron chi connectivity index (χ4n) is 1.90. The summed E-state index contributed by atoms with van der Waals surface area (Å²) in [6, 6.07) is 10.3. The van der Waals surface area contributed by atoms with E-state index < -0.39 is 0 Å². The third-order valence-electron chi connectivity index (χ3n) is 3.48. The molecule has 0 aliphatic rings. The Morgan fingerprint density at radius 2 is 1.95 bits per heavy atom. The minimum absolute atomic E-state index is 0.246. The molecule has 102 valence electrons. The van der Waals surface area contributed by atoms with E-state index in [1.54, 1.807) is 0 Å². The number of nitrogens with zero attached hydrogens (tertiary/aromatic N) is 1. The highest BCUT2D eigenvalue weighted by Gasteiger charge is 2.10. The number of anilines is 1. The smallest absolute Gasteiger partial charge is 0.131 e. The van der Waals surface area contributed by atoms with Crippen molar-refractivity contribution in [2.45, 2.75) is 33.5 Å². The van der Waals surface area contributed by atoms with Gasteiger partial charge in [-0.1, -0.05) is 32.0 Å². The first-order valence-electron chi connectivity index (χ1n) is 6.80. The number of ether oxygens (including phenoxy) is 1. The molecule has 1 atom stereocenters. The van der Waals surface area contributed by atoms with Crippen molar-refractivity contribution in [3.8, 4) is 0 Å². The number of fused-ring (bicyclic) bond motifs is 1. The van der Waals surface area contributed by atoms with Crippen LogP contribution >= 0.6 is 0 Å². The van der Waals surface area contributed by atoms with Crippen molar-refractivity contribution in [3.63, 3.8) is 0 Å². The Kier molecular flexibility index (Phi) is 4.38. The van der Waals surface area contributed by atoms with Crippen molar-refractivity contribution in [2.75, 3.05) is 12.4 Å². The second-order valence-electron chi connectivity index (χ2n) is 5.20. The summed E-state index contributed by atoms with van der Waals surface area (Å²) in [6.45, 7) is 7.04. The molecule has 1 heterocycles. The number of pyridine rings is 1. The summed E-state index contributed by atoms with van der Waals surface area (Å²) in [4.78, 5) is 4.63. The SMILES string of the molecule is CNc1nc2ccccc2cc1COC(C)C(C)C. The summed E-state index contributed by atoms with van der Waals surface area (Å²) >= 11 is 0. The third-order valence-corrected chi connectivity index (χ3v) is 3.48. The van der Waals surface area contributed by atoms with Crippen LogP contribution in [0.3, 0.4) is 0 Å². The Bertz CT molecular complexity index is 551. The lowest BCUT2D eigenvalue weighted by atomic mass is 10.1. The van der Waals surface area contributed by atoms with Crippen LogP contribution in [0.2, 0.25) is 0 Å². The fraction of sp³-hybridized carbons (Fsp3) is 0.438. The van der Waals surface area contributed by atoms with E-state index in [-0.39, 0.29) is 6.10 Å². The number of hydrogen-bond donors (Lipinski definition) is 1. The molecule has 3 heteroatoms. The van der Waals surface area contributed by atoms with E-state index in [1.807, 2.05) is 25.2 Å². The van der Waals surface area contributed by atoms with E-state index in [9.17, 15) is 0 Å². The maximum Gasteiger partial charge on any atom is 0.131 e. The minimum Gasteiger partial charge on any atom is -0.373 e. The summed E-state index contributed by atoms with van der Waals surface area (Å²) in [5.41, 5.74) is 2.11. The van der Waals surface area contributed by atoms with E-state index in [1.165, 1.54) is 0 Å². The van der Waals surface area contributed by atoms with Crippen LogP contribution in [0.25, 0.3) is 10.9 Å². The first-order chi connectivity index (χ1) is 9.11. The lowest BCUT2D eigenvalue weighted by Gasteiger charge is -2.18. The Hall–Kier alpha value is -1.61. The molecule has 1 N–H and O–H groups in total. The maximum atomic E-state index is 5.90. The number of benzene rings is 1. The number of para-hydroxylation sites is 1. The Labute approximate surface area is 115 Å². The number of rotatable bonds is 5. The summed E-state index contributed by atoms with van der Waals surface area (Å²) in [5, 5.41) is 4.30. The molecule has 0 fully saturated rings. The predicted molar refractivity (Wildman–Crippen MR) is 80.4 cm³/mol. The lowest BCUT2D eigenvalue weighted by Crippen LogP contribution is -2.15. The minimum atomic E-state index is 0.246. The molecule has 0 aliphatic carbocycles. The van der Waals surface area contributed by atoms with Gasteiger partial charge >= 0.3 is 0 Å². The van der Waals surface area contributed by atoms with Crippen molar-refractivity contribution in [1.29, 1.82) is 0 Å². The monoisotopic (exact) mass is 258 g/mol. The molecule has 2 rings (SSSR count). The van der Waals surface area contributed by atoms with E-state index >= 15 is 0 Å². The standard InChI is InChI=1S/C16H22N2O/c1-11(2)12(3)19-10-14-9-13-7-5-6-8-15(13)18-16(14)17-4/h5-9,11-12H,10H2,1-4H3,(H,17,18). The van der Waals surface area contributed by atoms with Crippen LogP contribution < -0.4 is 5.32 Å². The van der Waals surface area contributed by atoms with Crippen molar-refractivity contribution in [2.24, 2.45) is 5.92 Å². The largest absolute Gasteiger partial charge is 0.373 e. The quantitative estimate of drug-likeness (QED) is 0.884. The first kappa shape index (κ1) is 13.8. The second-order valence-corrected chi connectivity index (χ2v) is 5.20. The average Bonchev–Trinajstić information content (AvgIpc) is 2.43. The van der Waals surface area contributed by atoms with Crippen molar-refractivity contribution in [3.05, 3.63) is 35.9 Å². The number of nitrogens with one attached hydrogen (secondary N) is 1. The molecule has 19 heavy (non-hydrogen) atoms. The van der Waals surface area contributed by atoms with Crippen molar-refractivity contribution < 1.29 is 4.74 Å². The molecule has 1 aromatic heterocycles. The van der Waals surface area contributed by atoms with Crippen LogP contribution in [0.4, 0.5) is 5.82 Å². The molecule has 2 aromatic rings. The zero-order valence-electron chi connectivity index (χ0n) is 12.1. The second kappa shape index (κ2) is 6.02. The molecule has 0 spiro atoms. The molecule has 0 bridgehead atoms. The number of aromatic nitrogens is 1. The lowest BCUT2D eigenvalue weighted by molar-refractivity contribution is 0.0237. The van der Waals surface area contributed by atoms with Gasteiger partial charge in [0, 0.05) is 18.0 Å². The molecule has 0 amide bonds.